The van der Waals surface area contributed by atoms with E-state index in [2.05, 4.69) is 0 Å². The monoisotopic (exact) mass is 507 g/mol. The van der Waals surface area contributed by atoms with Gasteiger partial charge in [0, 0.05) is 23.7 Å². The number of halogens is 1. The molecule has 8 heteroatoms. The van der Waals surface area contributed by atoms with Gasteiger partial charge in [-0.15, -0.1) is 11.8 Å². The van der Waals surface area contributed by atoms with Crippen LogP contribution in [-0.4, -0.2) is 36.9 Å². The second-order valence-corrected chi connectivity index (χ2v) is 11.7. The van der Waals surface area contributed by atoms with Crippen LogP contribution in [0.1, 0.15) is 80.1 Å². The second kappa shape index (κ2) is 13.3. The number of hydrogen-bond acceptors (Lipinski definition) is 4. The minimum Gasteiger partial charge on any atom is -0.478 e. The van der Waals surface area contributed by atoms with E-state index < -0.39 is 16.0 Å². The SMILES string of the molecule is O=C(O)c1cc(S(=O)(=O)N2CCCCCCCCCCCC2)ccc1SCc1ccccc1F. The molecule has 0 unspecified atom stereocenters. The lowest BCUT2D eigenvalue weighted by Crippen LogP contribution is -2.33. The number of benzene rings is 2. The topological polar surface area (TPSA) is 74.7 Å². The van der Waals surface area contributed by atoms with E-state index in [1.807, 2.05) is 0 Å². The summed E-state index contributed by atoms with van der Waals surface area (Å²) >= 11 is 1.19. The van der Waals surface area contributed by atoms with Crippen molar-refractivity contribution in [1.29, 1.82) is 0 Å². The van der Waals surface area contributed by atoms with Gasteiger partial charge >= 0.3 is 5.97 Å². The Labute approximate surface area is 206 Å². The number of hydrogen-bond donors (Lipinski definition) is 1. The Kier molecular flexibility index (Phi) is 10.4. The molecule has 3 rings (SSSR count). The number of sulfonamides is 1. The Morgan fingerprint density at radius 1 is 0.882 bits per heavy atom. The molecule has 1 fully saturated rings. The first-order chi connectivity index (χ1) is 16.4. The smallest absolute Gasteiger partial charge is 0.336 e. The lowest BCUT2D eigenvalue weighted by Gasteiger charge is -2.23. The molecule has 1 heterocycles. The zero-order valence-electron chi connectivity index (χ0n) is 19.5. The van der Waals surface area contributed by atoms with Crippen LogP contribution in [0.15, 0.2) is 52.3 Å². The molecule has 0 aromatic heterocycles. The van der Waals surface area contributed by atoms with E-state index >= 15 is 0 Å². The van der Waals surface area contributed by atoms with E-state index in [9.17, 15) is 22.7 Å². The van der Waals surface area contributed by atoms with Gasteiger partial charge < -0.3 is 5.11 Å². The molecule has 0 bridgehead atoms. The number of nitrogens with zero attached hydrogens (tertiary/aromatic N) is 1. The van der Waals surface area contributed by atoms with Gasteiger partial charge in [0.15, 0.2) is 0 Å². The predicted molar refractivity (Wildman–Crippen MR) is 134 cm³/mol. The van der Waals surface area contributed by atoms with Crippen LogP contribution in [0.5, 0.6) is 0 Å². The molecule has 186 valence electrons. The molecule has 5 nitrogen and oxygen atoms in total. The Hall–Kier alpha value is -1.90. The van der Waals surface area contributed by atoms with Crippen molar-refractivity contribution < 1.29 is 22.7 Å². The first kappa shape index (κ1) is 26.7. The molecular weight excluding hydrogens is 473 g/mol. The lowest BCUT2D eigenvalue weighted by molar-refractivity contribution is 0.0693. The minimum absolute atomic E-state index is 0.00413. The molecule has 0 saturated carbocycles. The predicted octanol–water partition coefficient (Wildman–Crippen LogP) is 6.72. The molecule has 0 amide bonds. The van der Waals surface area contributed by atoms with E-state index in [0.717, 1.165) is 38.5 Å². The Morgan fingerprint density at radius 3 is 2.00 bits per heavy atom. The molecule has 0 atom stereocenters. The van der Waals surface area contributed by atoms with Crippen LogP contribution in [0.2, 0.25) is 0 Å². The van der Waals surface area contributed by atoms with Gasteiger partial charge in [0.25, 0.3) is 0 Å². The van der Waals surface area contributed by atoms with Gasteiger partial charge in [0.2, 0.25) is 10.0 Å². The molecule has 1 N–H and O–H groups in total. The standard InChI is InChI=1S/C26H34FNO4S2/c27-24-14-10-9-13-21(24)20-33-25-16-15-22(19-23(25)26(29)30)34(31,32)28-17-11-7-5-3-1-2-4-6-8-12-18-28/h9-10,13-16,19H,1-8,11-12,17-18,20H2,(H,29,30). The van der Waals surface area contributed by atoms with Crippen LogP contribution in [-0.2, 0) is 15.8 Å². The summed E-state index contributed by atoms with van der Waals surface area (Å²) in [5, 5.41) is 9.76. The zero-order chi connectivity index (χ0) is 24.4. The molecule has 34 heavy (non-hydrogen) atoms. The lowest BCUT2D eigenvalue weighted by atomic mass is 10.1. The molecular formula is C26H34FNO4S2. The highest BCUT2D eigenvalue weighted by atomic mass is 32.2. The van der Waals surface area contributed by atoms with Crippen LogP contribution in [0, 0.1) is 5.82 Å². The highest BCUT2D eigenvalue weighted by Crippen LogP contribution is 2.30. The fraction of sp³-hybridized carbons (Fsp3) is 0.500. The summed E-state index contributed by atoms with van der Waals surface area (Å²) in [6.45, 7) is 0.906. The fourth-order valence-electron chi connectivity index (χ4n) is 4.23. The summed E-state index contributed by atoms with van der Waals surface area (Å²) < 4.78 is 42.4. The first-order valence-electron chi connectivity index (χ1n) is 12.1. The normalized spacial score (nSPS) is 17.3. The molecule has 0 spiro atoms. The van der Waals surface area contributed by atoms with Gasteiger partial charge in [-0.1, -0.05) is 69.6 Å². The van der Waals surface area contributed by atoms with Crippen LogP contribution in [0.4, 0.5) is 4.39 Å². The maximum atomic E-state index is 13.9. The van der Waals surface area contributed by atoms with Crippen molar-refractivity contribution in [2.45, 2.75) is 79.8 Å². The van der Waals surface area contributed by atoms with Gasteiger partial charge in [0.05, 0.1) is 10.5 Å². The van der Waals surface area contributed by atoms with Crippen LogP contribution < -0.4 is 0 Å². The fourth-order valence-corrected chi connectivity index (χ4v) is 6.78. The van der Waals surface area contributed by atoms with Crippen molar-refractivity contribution >= 4 is 27.8 Å². The third kappa shape index (κ3) is 7.55. The van der Waals surface area contributed by atoms with Crippen molar-refractivity contribution in [2.75, 3.05) is 13.1 Å². The summed E-state index contributed by atoms with van der Waals surface area (Å²) in [5.74, 6) is -1.29. The second-order valence-electron chi connectivity index (χ2n) is 8.78. The van der Waals surface area contributed by atoms with Crippen molar-refractivity contribution in [2.24, 2.45) is 0 Å². The third-order valence-corrected chi connectivity index (χ3v) is 9.24. The molecule has 2 aromatic carbocycles. The molecule has 2 aromatic rings. The highest BCUT2D eigenvalue weighted by molar-refractivity contribution is 7.98. The zero-order valence-corrected chi connectivity index (χ0v) is 21.2. The Bertz CT molecular complexity index is 1040. The Morgan fingerprint density at radius 2 is 1.44 bits per heavy atom. The van der Waals surface area contributed by atoms with Gasteiger partial charge in [-0.25, -0.2) is 17.6 Å². The van der Waals surface area contributed by atoms with Crippen LogP contribution in [0.25, 0.3) is 0 Å². The molecule has 1 aliphatic heterocycles. The van der Waals surface area contributed by atoms with Gasteiger partial charge in [-0.05, 0) is 42.7 Å². The van der Waals surface area contributed by atoms with E-state index in [1.54, 1.807) is 18.2 Å². The average molecular weight is 508 g/mol. The highest BCUT2D eigenvalue weighted by Gasteiger charge is 2.26. The summed E-state index contributed by atoms with van der Waals surface area (Å²) in [6, 6.07) is 10.6. The number of thioether (sulfide) groups is 1. The summed E-state index contributed by atoms with van der Waals surface area (Å²) in [6.07, 6.45) is 10.7. The Balaban J connectivity index is 1.79. The first-order valence-corrected chi connectivity index (χ1v) is 14.6. The van der Waals surface area contributed by atoms with Crippen molar-refractivity contribution in [3.05, 3.63) is 59.4 Å². The number of carboxylic acid groups (broad SMARTS) is 1. The minimum atomic E-state index is -3.81. The quantitative estimate of drug-likeness (QED) is 0.439. The summed E-state index contributed by atoms with van der Waals surface area (Å²) in [5.41, 5.74) is 0.393. The van der Waals surface area contributed by atoms with Crippen LogP contribution >= 0.6 is 11.8 Å². The van der Waals surface area contributed by atoms with E-state index in [1.165, 1.54) is 66.0 Å². The van der Waals surface area contributed by atoms with Crippen molar-refractivity contribution in [3.8, 4) is 0 Å². The maximum absolute atomic E-state index is 13.9. The van der Waals surface area contributed by atoms with Crippen molar-refractivity contribution in [3.63, 3.8) is 0 Å². The molecule has 1 saturated heterocycles. The molecule has 0 radical (unpaired) electrons. The maximum Gasteiger partial charge on any atom is 0.336 e. The summed E-state index contributed by atoms with van der Waals surface area (Å²) in [7, 11) is -3.81. The van der Waals surface area contributed by atoms with Crippen molar-refractivity contribution in [1.82, 2.24) is 4.31 Å². The number of carboxylic acids is 1. The molecule has 1 aliphatic rings. The third-order valence-electron chi connectivity index (χ3n) is 6.23. The average Bonchev–Trinajstić information content (AvgIpc) is 2.85. The number of rotatable bonds is 6. The number of aromatic carboxylic acids is 1. The van der Waals surface area contributed by atoms with Gasteiger partial charge in [0.1, 0.15) is 5.82 Å². The van der Waals surface area contributed by atoms with E-state index in [4.69, 9.17) is 0 Å². The van der Waals surface area contributed by atoms with Crippen LogP contribution in [0.3, 0.4) is 0 Å². The summed E-state index contributed by atoms with van der Waals surface area (Å²) in [4.78, 5) is 12.4. The number of carbonyl (C=O) groups is 1. The van der Waals surface area contributed by atoms with E-state index in [-0.39, 0.29) is 22.0 Å². The van der Waals surface area contributed by atoms with E-state index in [0.29, 0.717) is 23.5 Å². The van der Waals surface area contributed by atoms with Gasteiger partial charge in [-0.3, -0.25) is 0 Å². The molecule has 0 aliphatic carbocycles. The van der Waals surface area contributed by atoms with Gasteiger partial charge in [-0.2, -0.15) is 4.31 Å². The largest absolute Gasteiger partial charge is 0.478 e.